The summed E-state index contributed by atoms with van der Waals surface area (Å²) in [5.74, 6) is 0. The molecule has 0 aliphatic rings. The minimum atomic E-state index is -6.20. The van der Waals surface area contributed by atoms with Crippen LogP contribution in [0.4, 0.5) is 41.6 Å². The monoisotopic (exact) mass is 541 g/mol. The van der Waals surface area contributed by atoms with Gasteiger partial charge in [0.1, 0.15) is 10.0 Å². The molecule has 0 bridgehead atoms. The van der Waals surface area contributed by atoms with Crippen LogP contribution in [0.25, 0.3) is 4.13 Å². The van der Waals surface area contributed by atoms with E-state index in [0.29, 0.717) is 11.4 Å². The molecule has 0 amide bonds. The summed E-state index contributed by atoms with van der Waals surface area (Å²) in [6, 6.07) is 19.7. The van der Waals surface area contributed by atoms with Gasteiger partial charge >= 0.3 is 5.51 Å². The number of anilines is 5. The average Bonchev–Trinajstić information content (AvgIpc) is 2.79. The van der Waals surface area contributed by atoms with Gasteiger partial charge in [-0.2, -0.15) is 13.2 Å². The van der Waals surface area contributed by atoms with Gasteiger partial charge in [0, 0.05) is 39.9 Å². The van der Waals surface area contributed by atoms with E-state index in [0.717, 1.165) is 48.6 Å². The normalized spacial score (nSPS) is 12.2. The summed E-state index contributed by atoms with van der Waals surface area (Å²) in [5, 5.41) is 9.75. The Kier molecular flexibility index (Phi) is 8.48. The second-order valence-electron chi connectivity index (χ2n) is 7.69. The van der Waals surface area contributed by atoms with Crippen LogP contribution in [-0.2, 0) is 20.0 Å². The lowest BCUT2D eigenvalue weighted by Gasteiger charge is -2.22. The van der Waals surface area contributed by atoms with Gasteiger partial charge in [-0.25, -0.2) is 16.8 Å². The molecule has 8 nitrogen and oxygen atoms in total. The minimum absolute atomic E-state index is 0.420. The van der Waals surface area contributed by atoms with Gasteiger partial charge in [-0.15, -0.1) is 0 Å². The fraction of sp³-hybridized carbons (Fsp3) is 0.217. The summed E-state index contributed by atoms with van der Waals surface area (Å²) in [6.07, 6.45) is 2.00. The van der Waals surface area contributed by atoms with Crippen LogP contribution in [0, 0.1) is 0 Å². The van der Waals surface area contributed by atoms with E-state index in [1.54, 1.807) is 0 Å². The molecule has 13 heteroatoms. The third-order valence-corrected chi connectivity index (χ3v) is 7.81. The van der Waals surface area contributed by atoms with E-state index in [-0.39, 0.29) is 0 Å². The van der Waals surface area contributed by atoms with Crippen molar-refractivity contribution in [3.8, 4) is 0 Å². The molecule has 0 spiro atoms. The second-order valence-corrected chi connectivity index (χ2v) is 11.1. The molecule has 0 saturated carbocycles. The third kappa shape index (κ3) is 7.35. The van der Waals surface area contributed by atoms with Gasteiger partial charge in [0.05, 0.1) is 0 Å². The fourth-order valence-corrected chi connectivity index (χ4v) is 5.26. The van der Waals surface area contributed by atoms with Crippen molar-refractivity contribution < 1.29 is 30.0 Å². The Morgan fingerprint density at radius 2 is 1.28 bits per heavy atom. The van der Waals surface area contributed by atoms with E-state index in [1.807, 2.05) is 48.5 Å². The SMILES string of the molecule is CCCCNc1cc(Nc2ccccc2)cc(Nc2ccc(S(=O)(=O)[N-]S(=O)(=O)C(F)(F)F)cc2)c1. The van der Waals surface area contributed by atoms with Crippen LogP contribution in [-0.4, -0.2) is 28.9 Å². The van der Waals surface area contributed by atoms with Crippen molar-refractivity contribution >= 4 is 48.5 Å². The molecule has 3 aromatic rings. The molecule has 0 atom stereocenters. The highest BCUT2D eigenvalue weighted by molar-refractivity contribution is 8.12. The standard InChI is InChI=1S/C23H24F3N4O4S2/c1-2-3-13-27-19-14-20(28-17-7-5-4-6-8-17)16-21(15-19)29-18-9-11-22(12-10-18)35(31,32)30-36(33,34)23(24,25)26/h4-12,14-16,27-29H,2-3,13H2,1H3/q-1. The predicted octanol–water partition coefficient (Wildman–Crippen LogP) is 6.30. The Bertz CT molecular complexity index is 1380. The Hall–Kier alpha value is -3.29. The molecule has 0 aliphatic heterocycles. The lowest BCUT2D eigenvalue weighted by Crippen LogP contribution is -2.24. The number of hydrogen-bond acceptors (Lipinski definition) is 7. The van der Waals surface area contributed by atoms with E-state index >= 15 is 0 Å². The molecule has 0 fully saturated rings. The van der Waals surface area contributed by atoms with E-state index in [4.69, 9.17) is 0 Å². The Labute approximate surface area is 208 Å². The maximum Gasteiger partial charge on any atom is 0.480 e. The minimum Gasteiger partial charge on any atom is -0.424 e. The summed E-state index contributed by atoms with van der Waals surface area (Å²) >= 11 is 0. The van der Waals surface area contributed by atoms with Crippen LogP contribution in [0.5, 0.6) is 0 Å². The van der Waals surface area contributed by atoms with Crippen LogP contribution >= 0.6 is 0 Å². The molecule has 3 N–H and O–H groups in total. The lowest BCUT2D eigenvalue weighted by molar-refractivity contribution is -0.0425. The first-order valence-electron chi connectivity index (χ1n) is 10.8. The van der Waals surface area contributed by atoms with E-state index in [9.17, 15) is 30.0 Å². The van der Waals surface area contributed by atoms with Crippen molar-refractivity contribution in [1.29, 1.82) is 0 Å². The smallest absolute Gasteiger partial charge is 0.424 e. The van der Waals surface area contributed by atoms with Gasteiger partial charge in [0.15, 0.2) is 10.0 Å². The third-order valence-electron chi connectivity index (χ3n) is 4.78. The van der Waals surface area contributed by atoms with Crippen LogP contribution < -0.4 is 16.0 Å². The molecule has 0 aromatic heterocycles. The van der Waals surface area contributed by atoms with Crippen molar-refractivity contribution in [2.75, 3.05) is 22.5 Å². The first-order chi connectivity index (χ1) is 16.9. The Balaban J connectivity index is 1.82. The van der Waals surface area contributed by atoms with Crippen LogP contribution in [0.3, 0.4) is 0 Å². The summed E-state index contributed by atoms with van der Waals surface area (Å²) in [6.45, 7) is 2.85. The quantitative estimate of drug-likeness (QED) is 0.244. The second kappa shape index (κ2) is 11.2. The van der Waals surface area contributed by atoms with Gasteiger partial charge in [0.2, 0.25) is 0 Å². The molecule has 0 radical (unpaired) electrons. The van der Waals surface area contributed by atoms with Crippen molar-refractivity contribution in [2.24, 2.45) is 0 Å². The molecule has 3 aromatic carbocycles. The summed E-state index contributed by atoms with van der Waals surface area (Å²) < 4.78 is 86.1. The van der Waals surface area contributed by atoms with Gasteiger partial charge in [-0.1, -0.05) is 31.5 Å². The zero-order chi connectivity index (χ0) is 26.4. The molecule has 0 heterocycles. The van der Waals surface area contributed by atoms with Crippen molar-refractivity contribution in [2.45, 2.75) is 30.2 Å². The van der Waals surface area contributed by atoms with Gasteiger partial charge in [-0.3, -0.25) is 0 Å². The number of nitrogens with zero attached hydrogens (tertiary/aromatic N) is 1. The molecule has 0 aliphatic carbocycles. The first kappa shape index (κ1) is 27.3. The number of sulfonamides is 2. The van der Waals surface area contributed by atoms with E-state index in [1.165, 1.54) is 12.1 Å². The molecule has 0 saturated heterocycles. The number of para-hydroxylation sites is 1. The summed E-state index contributed by atoms with van der Waals surface area (Å²) in [7, 11) is -11.3. The number of alkyl halides is 3. The predicted molar refractivity (Wildman–Crippen MR) is 135 cm³/mol. The first-order valence-corrected chi connectivity index (χ1v) is 13.7. The van der Waals surface area contributed by atoms with Crippen LogP contribution in [0.2, 0.25) is 0 Å². The summed E-state index contributed by atoms with van der Waals surface area (Å²) in [5.41, 5.74) is -2.26. The molecule has 194 valence electrons. The largest absolute Gasteiger partial charge is 0.480 e. The van der Waals surface area contributed by atoms with E-state index < -0.39 is 30.5 Å². The van der Waals surface area contributed by atoms with Gasteiger partial charge < -0.3 is 20.1 Å². The highest BCUT2D eigenvalue weighted by Gasteiger charge is 2.40. The van der Waals surface area contributed by atoms with Gasteiger partial charge in [0.25, 0.3) is 0 Å². The highest BCUT2D eigenvalue weighted by atomic mass is 32.3. The van der Waals surface area contributed by atoms with Crippen LogP contribution in [0.1, 0.15) is 19.8 Å². The average molecular weight is 542 g/mol. The van der Waals surface area contributed by atoms with Crippen molar-refractivity contribution in [1.82, 2.24) is 0 Å². The number of rotatable bonds is 11. The Morgan fingerprint density at radius 3 is 1.81 bits per heavy atom. The number of benzene rings is 3. The Morgan fingerprint density at radius 1 is 0.750 bits per heavy atom. The lowest BCUT2D eigenvalue weighted by atomic mass is 10.2. The van der Waals surface area contributed by atoms with Crippen LogP contribution in [0.15, 0.2) is 77.7 Å². The zero-order valence-corrected chi connectivity index (χ0v) is 20.7. The number of halogens is 3. The summed E-state index contributed by atoms with van der Waals surface area (Å²) in [4.78, 5) is -0.692. The van der Waals surface area contributed by atoms with Gasteiger partial charge in [-0.05, 0) is 61.0 Å². The highest BCUT2D eigenvalue weighted by Crippen LogP contribution is 2.33. The number of hydrogen-bond donors (Lipinski definition) is 3. The number of unbranched alkanes of at least 4 members (excludes halogenated alkanes) is 1. The number of nitrogens with one attached hydrogen (secondary N) is 3. The van der Waals surface area contributed by atoms with E-state index in [2.05, 4.69) is 27.0 Å². The maximum atomic E-state index is 12.5. The molecule has 3 rings (SSSR count). The fourth-order valence-electron chi connectivity index (χ4n) is 3.06. The molecular weight excluding hydrogens is 517 g/mol. The molecule has 36 heavy (non-hydrogen) atoms. The van der Waals surface area contributed by atoms with Crippen molar-refractivity contribution in [3.63, 3.8) is 0 Å². The molecule has 0 unspecified atom stereocenters. The topological polar surface area (TPSA) is 118 Å². The maximum absolute atomic E-state index is 12.5. The zero-order valence-electron chi connectivity index (χ0n) is 19.1. The van der Waals surface area contributed by atoms with Crippen molar-refractivity contribution in [3.05, 3.63) is 76.9 Å². The molecular formula is C23H24F3N4O4S2-.